The van der Waals surface area contributed by atoms with Crippen LogP contribution in [0.4, 0.5) is 13.2 Å². The average molecular weight is 362 g/mol. The predicted octanol–water partition coefficient (Wildman–Crippen LogP) is 4.82. The Morgan fingerprint density at radius 1 is 1.10 bits per heavy atom. The van der Waals surface area contributed by atoms with Gasteiger partial charge in [-0.25, -0.2) is 13.2 Å². The standard InChI is InChI=1S/C14H14Cl3F3O/c15-14(16,17)5-13(9-21-13)11-3-1-2-10(4-11)12(6-18,7-19)8-20/h1-4H,5-9H2. The number of hydrogen-bond donors (Lipinski definition) is 0. The fraction of sp³-hybridized carbons (Fsp3) is 0.571. The van der Waals surface area contributed by atoms with Gasteiger partial charge in [0, 0.05) is 6.42 Å². The fourth-order valence-electron chi connectivity index (χ4n) is 2.25. The predicted molar refractivity (Wildman–Crippen MR) is 78.6 cm³/mol. The highest BCUT2D eigenvalue weighted by Gasteiger charge is 2.51. The first-order valence-corrected chi connectivity index (χ1v) is 7.44. The summed E-state index contributed by atoms with van der Waals surface area (Å²) in [6.07, 6.45) is 0.113. The lowest BCUT2D eigenvalue weighted by Gasteiger charge is -2.26. The lowest BCUT2D eigenvalue weighted by Crippen LogP contribution is -2.34. The molecular formula is C14H14Cl3F3O. The molecule has 7 heteroatoms. The Bertz CT molecular complexity index is 488. The molecule has 0 radical (unpaired) electrons. The molecule has 1 unspecified atom stereocenters. The van der Waals surface area contributed by atoms with Crippen LogP contribution in [-0.2, 0) is 15.8 Å². The average Bonchev–Trinajstić information content (AvgIpc) is 3.21. The van der Waals surface area contributed by atoms with E-state index >= 15 is 0 Å². The van der Waals surface area contributed by atoms with E-state index in [2.05, 4.69) is 0 Å². The number of halogens is 6. The van der Waals surface area contributed by atoms with Crippen LogP contribution >= 0.6 is 34.8 Å². The molecule has 0 spiro atoms. The molecule has 0 amide bonds. The van der Waals surface area contributed by atoms with Gasteiger partial charge < -0.3 is 4.74 Å². The molecule has 1 aliphatic heterocycles. The summed E-state index contributed by atoms with van der Waals surface area (Å²) in [5, 5.41) is 0. The number of rotatable bonds is 6. The van der Waals surface area contributed by atoms with Crippen molar-refractivity contribution in [1.82, 2.24) is 0 Å². The summed E-state index contributed by atoms with van der Waals surface area (Å²) < 4.78 is 43.3. The third-order valence-electron chi connectivity index (χ3n) is 3.75. The Kier molecular flexibility index (Phi) is 5.04. The zero-order chi connectivity index (χ0) is 15.7. The van der Waals surface area contributed by atoms with E-state index in [1.165, 1.54) is 12.1 Å². The zero-order valence-electron chi connectivity index (χ0n) is 11.0. The second-order valence-corrected chi connectivity index (χ2v) is 7.85. The quantitative estimate of drug-likeness (QED) is 0.523. The summed E-state index contributed by atoms with van der Waals surface area (Å²) in [6, 6.07) is 6.34. The van der Waals surface area contributed by atoms with E-state index in [1.807, 2.05) is 0 Å². The zero-order valence-corrected chi connectivity index (χ0v) is 13.3. The van der Waals surface area contributed by atoms with Gasteiger partial charge in [-0.3, -0.25) is 0 Å². The van der Waals surface area contributed by atoms with Crippen LogP contribution in [0.3, 0.4) is 0 Å². The molecule has 1 atom stereocenters. The first kappa shape index (κ1) is 17.2. The van der Waals surface area contributed by atoms with E-state index in [-0.39, 0.29) is 12.0 Å². The van der Waals surface area contributed by atoms with Gasteiger partial charge in [0.2, 0.25) is 0 Å². The van der Waals surface area contributed by atoms with Crippen molar-refractivity contribution >= 4 is 34.8 Å². The Morgan fingerprint density at radius 3 is 2.10 bits per heavy atom. The van der Waals surface area contributed by atoms with E-state index in [9.17, 15) is 13.2 Å². The summed E-state index contributed by atoms with van der Waals surface area (Å²) in [7, 11) is 0. The molecular weight excluding hydrogens is 348 g/mol. The largest absolute Gasteiger partial charge is 0.364 e. The Hall–Kier alpha value is -0.160. The molecule has 1 aliphatic rings. The second-order valence-electron chi connectivity index (χ2n) is 5.34. The summed E-state index contributed by atoms with van der Waals surface area (Å²) in [6.45, 7) is -3.02. The Labute approximate surface area is 136 Å². The maximum absolute atomic E-state index is 13.1. The smallest absolute Gasteiger partial charge is 0.193 e. The number of alkyl halides is 6. The fourth-order valence-corrected chi connectivity index (χ4v) is 2.90. The minimum absolute atomic E-state index is 0.113. The molecule has 1 aromatic rings. The van der Waals surface area contributed by atoms with Crippen molar-refractivity contribution in [2.75, 3.05) is 26.6 Å². The number of benzene rings is 1. The maximum atomic E-state index is 13.1. The van der Waals surface area contributed by atoms with E-state index < -0.39 is 34.8 Å². The van der Waals surface area contributed by atoms with Gasteiger partial charge in [0.15, 0.2) is 3.79 Å². The molecule has 1 fully saturated rings. The third kappa shape index (κ3) is 3.61. The van der Waals surface area contributed by atoms with Crippen molar-refractivity contribution in [3.05, 3.63) is 35.4 Å². The first-order chi connectivity index (χ1) is 9.81. The molecule has 0 aromatic heterocycles. The topological polar surface area (TPSA) is 12.5 Å². The summed E-state index contributed by atoms with van der Waals surface area (Å²) in [5.41, 5.74) is -1.68. The normalized spacial score (nSPS) is 22.4. The lowest BCUT2D eigenvalue weighted by molar-refractivity contribution is 0.191. The number of ether oxygens (including phenoxy) is 1. The molecule has 1 saturated heterocycles. The molecule has 2 rings (SSSR count). The Balaban J connectivity index is 2.34. The van der Waals surface area contributed by atoms with Crippen molar-refractivity contribution in [3.8, 4) is 0 Å². The van der Waals surface area contributed by atoms with Crippen molar-refractivity contribution in [2.45, 2.75) is 21.2 Å². The molecule has 1 aromatic carbocycles. The van der Waals surface area contributed by atoms with Crippen LogP contribution in [0.5, 0.6) is 0 Å². The van der Waals surface area contributed by atoms with Crippen LogP contribution in [0.1, 0.15) is 17.5 Å². The van der Waals surface area contributed by atoms with Gasteiger partial charge in [0.1, 0.15) is 25.6 Å². The van der Waals surface area contributed by atoms with Crippen molar-refractivity contribution in [3.63, 3.8) is 0 Å². The summed E-state index contributed by atoms with van der Waals surface area (Å²) in [5.74, 6) is 0. The first-order valence-electron chi connectivity index (χ1n) is 6.30. The van der Waals surface area contributed by atoms with E-state index in [0.29, 0.717) is 12.2 Å². The van der Waals surface area contributed by atoms with E-state index in [0.717, 1.165) is 0 Å². The van der Waals surface area contributed by atoms with Gasteiger partial charge in [0.25, 0.3) is 0 Å². The maximum Gasteiger partial charge on any atom is 0.193 e. The molecule has 21 heavy (non-hydrogen) atoms. The van der Waals surface area contributed by atoms with Crippen LogP contribution in [0.25, 0.3) is 0 Å². The Morgan fingerprint density at radius 2 is 1.67 bits per heavy atom. The van der Waals surface area contributed by atoms with Crippen molar-refractivity contribution in [1.29, 1.82) is 0 Å². The van der Waals surface area contributed by atoms with E-state index in [4.69, 9.17) is 39.5 Å². The molecule has 0 saturated carbocycles. The van der Waals surface area contributed by atoms with E-state index in [1.54, 1.807) is 12.1 Å². The third-order valence-corrected chi connectivity index (χ3v) is 4.15. The highest BCUT2D eigenvalue weighted by atomic mass is 35.6. The number of hydrogen-bond acceptors (Lipinski definition) is 1. The molecule has 0 bridgehead atoms. The minimum atomic E-state index is -1.77. The monoisotopic (exact) mass is 360 g/mol. The minimum Gasteiger partial charge on any atom is -0.364 e. The highest BCUT2D eigenvalue weighted by molar-refractivity contribution is 6.67. The van der Waals surface area contributed by atoms with Crippen LogP contribution in [0, 0.1) is 0 Å². The number of epoxide rings is 1. The summed E-state index contributed by atoms with van der Waals surface area (Å²) in [4.78, 5) is 0. The van der Waals surface area contributed by atoms with Crippen LogP contribution in [0.2, 0.25) is 0 Å². The molecule has 1 nitrogen and oxygen atoms in total. The summed E-state index contributed by atoms with van der Waals surface area (Å²) >= 11 is 17.4. The SMILES string of the molecule is FCC(CF)(CF)c1cccc(C2(CC(Cl)(Cl)Cl)CO2)c1. The molecule has 118 valence electrons. The van der Waals surface area contributed by atoms with Gasteiger partial charge in [-0.05, 0) is 11.1 Å². The van der Waals surface area contributed by atoms with Gasteiger partial charge in [-0.2, -0.15) is 0 Å². The second kappa shape index (κ2) is 6.15. The van der Waals surface area contributed by atoms with Crippen LogP contribution < -0.4 is 0 Å². The van der Waals surface area contributed by atoms with Gasteiger partial charge in [0.05, 0.1) is 12.0 Å². The lowest BCUT2D eigenvalue weighted by atomic mass is 9.82. The van der Waals surface area contributed by atoms with Crippen LogP contribution in [0.15, 0.2) is 24.3 Å². The molecule has 1 heterocycles. The van der Waals surface area contributed by atoms with Crippen LogP contribution in [-0.4, -0.2) is 30.4 Å². The molecule has 0 N–H and O–H groups in total. The van der Waals surface area contributed by atoms with Gasteiger partial charge >= 0.3 is 0 Å². The molecule has 0 aliphatic carbocycles. The van der Waals surface area contributed by atoms with Crippen molar-refractivity contribution < 1.29 is 17.9 Å². The highest BCUT2D eigenvalue weighted by Crippen LogP contribution is 2.50. The van der Waals surface area contributed by atoms with Crippen molar-refractivity contribution in [2.24, 2.45) is 0 Å². The van der Waals surface area contributed by atoms with Gasteiger partial charge in [-0.1, -0.05) is 59.1 Å². The van der Waals surface area contributed by atoms with Gasteiger partial charge in [-0.15, -0.1) is 0 Å².